The molecule has 118 valence electrons. The van der Waals surface area contributed by atoms with Gasteiger partial charge in [-0.1, -0.05) is 80.3 Å². The van der Waals surface area contributed by atoms with Gasteiger partial charge in [0.05, 0.1) is 0 Å². The predicted molar refractivity (Wildman–Crippen MR) is 99.5 cm³/mol. The second kappa shape index (κ2) is 6.35. The number of rotatable bonds is 3. The molecule has 2 aliphatic carbocycles. The Morgan fingerprint density at radius 3 is 2.43 bits per heavy atom. The monoisotopic (exact) mass is 302 g/mol. The second-order valence-electron chi connectivity index (χ2n) is 7.16. The van der Waals surface area contributed by atoms with Crippen LogP contribution in [-0.2, 0) is 12.8 Å². The van der Waals surface area contributed by atoms with Crippen molar-refractivity contribution in [3.8, 4) is 11.1 Å². The van der Waals surface area contributed by atoms with Crippen molar-refractivity contribution in [1.29, 1.82) is 0 Å². The first kappa shape index (κ1) is 14.8. The maximum atomic E-state index is 2.52. The predicted octanol–water partition coefficient (Wildman–Crippen LogP) is 6.44. The molecule has 0 nitrogen and oxygen atoms in total. The van der Waals surface area contributed by atoms with E-state index in [1.54, 1.807) is 5.57 Å². The molecular formula is C23H26. The fourth-order valence-electron chi connectivity index (χ4n) is 4.30. The summed E-state index contributed by atoms with van der Waals surface area (Å²) in [6.45, 7) is 2.22. The third kappa shape index (κ3) is 2.87. The van der Waals surface area contributed by atoms with E-state index in [1.165, 1.54) is 66.3 Å². The van der Waals surface area contributed by atoms with Gasteiger partial charge in [0.25, 0.3) is 0 Å². The number of aryl methyl sites for hydroxylation is 1. The second-order valence-corrected chi connectivity index (χ2v) is 7.16. The Hall–Kier alpha value is -1.82. The van der Waals surface area contributed by atoms with Crippen LogP contribution < -0.4 is 0 Å². The summed E-state index contributed by atoms with van der Waals surface area (Å²) in [6, 6.07) is 16.0. The molecule has 23 heavy (non-hydrogen) atoms. The van der Waals surface area contributed by atoms with Crippen LogP contribution in [-0.4, -0.2) is 0 Å². The van der Waals surface area contributed by atoms with E-state index in [9.17, 15) is 0 Å². The first-order chi connectivity index (χ1) is 11.3. The number of hydrogen-bond donors (Lipinski definition) is 0. The first-order valence-corrected chi connectivity index (χ1v) is 9.27. The first-order valence-electron chi connectivity index (χ1n) is 9.27. The zero-order chi connectivity index (χ0) is 15.6. The molecule has 0 heterocycles. The molecule has 0 N–H and O–H groups in total. The van der Waals surface area contributed by atoms with Crippen LogP contribution in [0.1, 0.15) is 55.7 Å². The number of hydrogen-bond acceptors (Lipinski definition) is 0. The van der Waals surface area contributed by atoms with Gasteiger partial charge >= 0.3 is 0 Å². The van der Waals surface area contributed by atoms with E-state index >= 15 is 0 Å². The molecule has 1 saturated carbocycles. The summed E-state index contributed by atoms with van der Waals surface area (Å²) in [5.74, 6) is 0.839. The van der Waals surface area contributed by atoms with Gasteiger partial charge in [0.15, 0.2) is 0 Å². The van der Waals surface area contributed by atoms with Crippen LogP contribution in [0.15, 0.2) is 48.0 Å². The molecule has 0 heteroatoms. The largest absolute Gasteiger partial charge is 0.0621 e. The lowest BCUT2D eigenvalue weighted by atomic mass is 9.83. The molecule has 0 atom stereocenters. The lowest BCUT2D eigenvalue weighted by molar-refractivity contribution is 0.401. The van der Waals surface area contributed by atoms with E-state index < -0.39 is 0 Å². The Balaban J connectivity index is 1.68. The Morgan fingerprint density at radius 2 is 1.70 bits per heavy atom. The molecule has 0 saturated heterocycles. The van der Waals surface area contributed by atoms with Crippen molar-refractivity contribution in [2.45, 2.75) is 51.9 Å². The van der Waals surface area contributed by atoms with Gasteiger partial charge < -0.3 is 0 Å². The fourth-order valence-corrected chi connectivity index (χ4v) is 4.30. The van der Waals surface area contributed by atoms with Crippen LogP contribution in [0.4, 0.5) is 0 Å². The van der Waals surface area contributed by atoms with Crippen LogP contribution in [0.3, 0.4) is 0 Å². The summed E-state index contributed by atoms with van der Waals surface area (Å²) < 4.78 is 0. The molecule has 0 aliphatic heterocycles. The van der Waals surface area contributed by atoms with Crippen LogP contribution in [0.5, 0.6) is 0 Å². The number of fused-ring (bicyclic) bond motifs is 1. The molecular weight excluding hydrogens is 276 g/mol. The van der Waals surface area contributed by atoms with E-state index in [0.29, 0.717) is 0 Å². The summed E-state index contributed by atoms with van der Waals surface area (Å²) in [6.07, 6.45) is 11.9. The van der Waals surface area contributed by atoms with E-state index in [0.717, 1.165) is 12.3 Å². The van der Waals surface area contributed by atoms with E-state index in [-0.39, 0.29) is 0 Å². The standard InChI is InChI=1S/C23H26/c1-2-17-11-13-19(14-12-17)22-10-6-9-20-15-21(16-23(20)22)18-7-4-3-5-8-18/h6,9-14,16,18H,2-5,7-8,15H2,1H3. The smallest absolute Gasteiger partial charge is 0.00548 e. The van der Waals surface area contributed by atoms with Gasteiger partial charge in [-0.25, -0.2) is 0 Å². The Bertz CT molecular complexity index is 712. The average Bonchev–Trinajstić information content (AvgIpc) is 3.07. The van der Waals surface area contributed by atoms with Gasteiger partial charge in [0.1, 0.15) is 0 Å². The zero-order valence-corrected chi connectivity index (χ0v) is 14.1. The van der Waals surface area contributed by atoms with Gasteiger partial charge in [0.2, 0.25) is 0 Å². The summed E-state index contributed by atoms with van der Waals surface area (Å²) in [5, 5.41) is 0. The van der Waals surface area contributed by atoms with Crippen LogP contribution in [0, 0.1) is 5.92 Å². The molecule has 2 aromatic rings. The molecule has 4 rings (SSSR count). The quantitative estimate of drug-likeness (QED) is 0.612. The summed E-state index contributed by atoms with van der Waals surface area (Å²) in [5.41, 5.74) is 8.90. The van der Waals surface area contributed by atoms with Gasteiger partial charge in [-0.15, -0.1) is 0 Å². The highest BCUT2D eigenvalue weighted by molar-refractivity contribution is 5.81. The van der Waals surface area contributed by atoms with E-state index in [1.807, 2.05) is 0 Å². The van der Waals surface area contributed by atoms with Gasteiger partial charge in [0, 0.05) is 0 Å². The average molecular weight is 302 g/mol. The lowest BCUT2D eigenvalue weighted by Crippen LogP contribution is -2.08. The third-order valence-corrected chi connectivity index (χ3v) is 5.72. The van der Waals surface area contributed by atoms with E-state index in [2.05, 4.69) is 55.5 Å². The van der Waals surface area contributed by atoms with Crippen LogP contribution in [0.2, 0.25) is 0 Å². The van der Waals surface area contributed by atoms with Crippen molar-refractivity contribution >= 4 is 6.08 Å². The van der Waals surface area contributed by atoms with Crippen LogP contribution in [0.25, 0.3) is 17.2 Å². The van der Waals surface area contributed by atoms with Gasteiger partial charge in [-0.05, 0) is 59.4 Å². The van der Waals surface area contributed by atoms with Crippen molar-refractivity contribution < 1.29 is 0 Å². The highest BCUT2D eigenvalue weighted by Crippen LogP contribution is 2.40. The minimum absolute atomic E-state index is 0.839. The topological polar surface area (TPSA) is 0 Å². The molecule has 2 aromatic carbocycles. The molecule has 0 unspecified atom stereocenters. The number of benzene rings is 2. The molecule has 0 spiro atoms. The Labute approximate surface area is 140 Å². The van der Waals surface area contributed by atoms with Crippen molar-refractivity contribution in [1.82, 2.24) is 0 Å². The third-order valence-electron chi connectivity index (χ3n) is 5.72. The van der Waals surface area contributed by atoms with E-state index in [4.69, 9.17) is 0 Å². The minimum atomic E-state index is 0.839. The minimum Gasteiger partial charge on any atom is -0.0621 e. The maximum absolute atomic E-state index is 2.52. The summed E-state index contributed by atoms with van der Waals surface area (Å²) >= 11 is 0. The normalized spacial score (nSPS) is 17.9. The van der Waals surface area contributed by atoms with Gasteiger partial charge in [-0.2, -0.15) is 0 Å². The molecule has 0 amide bonds. The Morgan fingerprint density at radius 1 is 0.913 bits per heavy atom. The highest BCUT2D eigenvalue weighted by Gasteiger charge is 2.23. The SMILES string of the molecule is CCc1ccc(-c2cccc3c2C=C(C2CCCCC2)C3)cc1. The lowest BCUT2D eigenvalue weighted by Gasteiger charge is -2.22. The zero-order valence-electron chi connectivity index (χ0n) is 14.1. The Kier molecular flexibility index (Phi) is 4.08. The van der Waals surface area contributed by atoms with Gasteiger partial charge in [-0.3, -0.25) is 0 Å². The molecule has 2 aliphatic rings. The van der Waals surface area contributed by atoms with Crippen LogP contribution >= 0.6 is 0 Å². The molecule has 0 aromatic heterocycles. The van der Waals surface area contributed by atoms with Crippen molar-refractivity contribution in [3.05, 3.63) is 64.7 Å². The fraction of sp³-hybridized carbons (Fsp3) is 0.391. The summed E-state index contributed by atoms with van der Waals surface area (Å²) in [4.78, 5) is 0. The maximum Gasteiger partial charge on any atom is -0.00548 e. The van der Waals surface area contributed by atoms with Crippen molar-refractivity contribution in [3.63, 3.8) is 0 Å². The van der Waals surface area contributed by atoms with Crippen molar-refractivity contribution in [2.75, 3.05) is 0 Å². The highest BCUT2D eigenvalue weighted by atomic mass is 14.3. The molecule has 1 fully saturated rings. The summed E-state index contributed by atoms with van der Waals surface area (Å²) in [7, 11) is 0. The molecule has 0 radical (unpaired) electrons. The molecule has 0 bridgehead atoms. The number of allylic oxidation sites excluding steroid dienone is 1. The van der Waals surface area contributed by atoms with Crippen molar-refractivity contribution in [2.24, 2.45) is 5.92 Å².